The zero-order chi connectivity index (χ0) is 21.3. The molecular weight excluding hydrogens is 400 g/mol. The van der Waals surface area contributed by atoms with Crippen LogP contribution in [0.3, 0.4) is 0 Å². The number of imidazole rings is 1. The van der Waals surface area contributed by atoms with E-state index >= 15 is 0 Å². The minimum atomic E-state index is -0.731. The Kier molecular flexibility index (Phi) is 7.51. The van der Waals surface area contributed by atoms with E-state index in [1.54, 1.807) is 48.3 Å². The molecule has 2 N–H and O–H groups in total. The van der Waals surface area contributed by atoms with E-state index in [4.69, 9.17) is 4.74 Å². The van der Waals surface area contributed by atoms with Gasteiger partial charge in [0.25, 0.3) is 0 Å². The van der Waals surface area contributed by atoms with Crippen LogP contribution in [0.1, 0.15) is 18.3 Å². The van der Waals surface area contributed by atoms with Crippen molar-refractivity contribution in [1.82, 2.24) is 9.55 Å². The molecule has 0 aliphatic carbocycles. The zero-order valence-corrected chi connectivity index (χ0v) is 17.7. The number of amides is 2. The van der Waals surface area contributed by atoms with E-state index in [1.165, 1.54) is 0 Å². The highest BCUT2D eigenvalue weighted by molar-refractivity contribution is 7.98. The molecule has 0 atom stereocenters. The van der Waals surface area contributed by atoms with Gasteiger partial charge in [0, 0.05) is 36.6 Å². The predicted octanol–water partition coefficient (Wildman–Crippen LogP) is 3.83. The number of benzene rings is 2. The van der Waals surface area contributed by atoms with Crippen LogP contribution < -0.4 is 15.4 Å². The highest BCUT2D eigenvalue weighted by Gasteiger charge is 2.14. The Labute approximate surface area is 179 Å². The number of hydrogen-bond acceptors (Lipinski definition) is 5. The number of aromatic nitrogens is 2. The molecule has 7 nitrogen and oxygen atoms in total. The van der Waals surface area contributed by atoms with Gasteiger partial charge in [-0.25, -0.2) is 4.98 Å². The molecule has 0 bridgehead atoms. The summed E-state index contributed by atoms with van der Waals surface area (Å²) >= 11 is 1.79. The van der Waals surface area contributed by atoms with Crippen molar-refractivity contribution in [3.63, 3.8) is 0 Å². The number of nitrogens with one attached hydrogen (secondary N) is 2. The first-order chi connectivity index (χ1) is 14.5. The van der Waals surface area contributed by atoms with E-state index in [-0.39, 0.29) is 0 Å². The minimum absolute atomic E-state index is 0.341. The molecule has 0 fully saturated rings. The second-order valence-corrected chi connectivity index (χ2v) is 7.79. The van der Waals surface area contributed by atoms with E-state index in [0.717, 1.165) is 22.9 Å². The summed E-state index contributed by atoms with van der Waals surface area (Å²) in [6.45, 7) is 2.44. The van der Waals surface area contributed by atoms with Gasteiger partial charge >= 0.3 is 11.8 Å². The Morgan fingerprint density at radius 3 is 2.47 bits per heavy atom. The first kappa shape index (κ1) is 21.4. The van der Waals surface area contributed by atoms with Crippen molar-refractivity contribution in [1.29, 1.82) is 0 Å². The molecule has 3 aromatic rings. The van der Waals surface area contributed by atoms with Gasteiger partial charge in [-0.05, 0) is 47.7 Å². The lowest BCUT2D eigenvalue weighted by molar-refractivity contribution is -0.132. The molecule has 1 aromatic heterocycles. The van der Waals surface area contributed by atoms with E-state index in [0.29, 0.717) is 23.7 Å². The lowest BCUT2D eigenvalue weighted by atomic mass is 10.2. The topological polar surface area (TPSA) is 85.2 Å². The largest absolute Gasteiger partial charge is 0.486 e. The number of nitrogens with zero attached hydrogens (tertiary/aromatic N) is 2. The molecule has 0 unspecified atom stereocenters. The van der Waals surface area contributed by atoms with Gasteiger partial charge in [-0.2, -0.15) is 11.8 Å². The molecule has 1 heterocycles. The number of carbonyl (C=O) groups is 2. The molecule has 0 spiro atoms. The normalized spacial score (nSPS) is 10.5. The maximum atomic E-state index is 12.2. The van der Waals surface area contributed by atoms with Crippen LogP contribution >= 0.6 is 11.8 Å². The van der Waals surface area contributed by atoms with Crippen molar-refractivity contribution in [2.45, 2.75) is 19.3 Å². The Hall–Kier alpha value is -3.26. The molecule has 0 saturated carbocycles. The molecule has 30 heavy (non-hydrogen) atoms. The van der Waals surface area contributed by atoms with Crippen LogP contribution in [-0.2, 0) is 29.0 Å². The van der Waals surface area contributed by atoms with Crippen LogP contribution in [0.4, 0.5) is 11.4 Å². The summed E-state index contributed by atoms with van der Waals surface area (Å²) in [5, 5.41) is 5.23. The lowest BCUT2D eigenvalue weighted by Gasteiger charge is -2.09. The SMILES string of the molecule is CCSCc1cccc(NC(=O)C(=O)Nc2ccc(OCc3nccn3C)cc2)c1. The Balaban J connectivity index is 1.51. The molecule has 0 aliphatic rings. The Morgan fingerprint density at radius 2 is 1.80 bits per heavy atom. The summed E-state index contributed by atoms with van der Waals surface area (Å²) in [6, 6.07) is 14.3. The van der Waals surface area contributed by atoms with Crippen LogP contribution in [0.5, 0.6) is 5.75 Å². The lowest BCUT2D eigenvalue weighted by Crippen LogP contribution is -2.29. The smallest absolute Gasteiger partial charge is 0.314 e. The third kappa shape index (κ3) is 6.12. The average molecular weight is 425 g/mol. The van der Waals surface area contributed by atoms with Gasteiger partial charge in [-0.3, -0.25) is 9.59 Å². The summed E-state index contributed by atoms with van der Waals surface area (Å²) < 4.78 is 7.56. The number of hydrogen-bond donors (Lipinski definition) is 2. The molecule has 3 rings (SSSR count). The first-order valence-corrected chi connectivity index (χ1v) is 10.7. The van der Waals surface area contributed by atoms with Crippen molar-refractivity contribution in [2.24, 2.45) is 7.05 Å². The summed E-state index contributed by atoms with van der Waals surface area (Å²) in [7, 11) is 1.90. The summed E-state index contributed by atoms with van der Waals surface area (Å²) in [6.07, 6.45) is 3.56. The summed E-state index contributed by atoms with van der Waals surface area (Å²) in [4.78, 5) is 28.6. The predicted molar refractivity (Wildman–Crippen MR) is 120 cm³/mol. The molecule has 156 valence electrons. The molecule has 2 amide bonds. The molecule has 0 aliphatic heterocycles. The van der Waals surface area contributed by atoms with Gasteiger partial charge in [0.1, 0.15) is 18.2 Å². The highest BCUT2D eigenvalue weighted by atomic mass is 32.2. The van der Waals surface area contributed by atoms with Crippen LogP contribution in [0.2, 0.25) is 0 Å². The molecule has 0 saturated heterocycles. The molecular formula is C22H24N4O3S. The highest BCUT2D eigenvalue weighted by Crippen LogP contribution is 2.18. The fourth-order valence-corrected chi connectivity index (χ4v) is 3.27. The van der Waals surface area contributed by atoms with Crippen LogP contribution in [-0.4, -0.2) is 27.1 Å². The van der Waals surface area contributed by atoms with E-state index in [1.807, 2.05) is 36.0 Å². The number of rotatable bonds is 8. The fraction of sp³-hybridized carbons (Fsp3) is 0.227. The van der Waals surface area contributed by atoms with Crippen LogP contribution in [0.25, 0.3) is 0 Å². The van der Waals surface area contributed by atoms with Crippen molar-refractivity contribution in [3.05, 3.63) is 72.3 Å². The zero-order valence-electron chi connectivity index (χ0n) is 16.9. The van der Waals surface area contributed by atoms with Gasteiger partial charge < -0.3 is 19.9 Å². The number of ether oxygens (including phenoxy) is 1. The Bertz CT molecular complexity index is 1000. The first-order valence-electron chi connectivity index (χ1n) is 9.53. The quantitative estimate of drug-likeness (QED) is 0.537. The van der Waals surface area contributed by atoms with Gasteiger partial charge in [0.2, 0.25) is 0 Å². The number of anilines is 2. The minimum Gasteiger partial charge on any atom is -0.486 e. The fourth-order valence-electron chi connectivity index (χ4n) is 2.65. The monoisotopic (exact) mass is 424 g/mol. The summed E-state index contributed by atoms with van der Waals surface area (Å²) in [5.41, 5.74) is 2.20. The van der Waals surface area contributed by atoms with Gasteiger partial charge in [0.15, 0.2) is 0 Å². The van der Waals surface area contributed by atoms with E-state index in [2.05, 4.69) is 22.5 Å². The standard InChI is InChI=1S/C22H24N4O3S/c1-3-30-15-16-5-4-6-18(13-16)25-22(28)21(27)24-17-7-9-19(10-8-17)29-14-20-23-11-12-26(20)2/h4-13H,3,14-15H2,1-2H3,(H,24,27)(H,25,28). The average Bonchev–Trinajstić information content (AvgIpc) is 3.16. The van der Waals surface area contributed by atoms with Crippen molar-refractivity contribution in [2.75, 3.05) is 16.4 Å². The Morgan fingerprint density at radius 1 is 1.07 bits per heavy atom. The third-order valence-corrected chi connectivity index (χ3v) is 5.21. The van der Waals surface area contributed by atoms with Gasteiger partial charge in [-0.15, -0.1) is 0 Å². The maximum Gasteiger partial charge on any atom is 0.314 e. The van der Waals surface area contributed by atoms with E-state index in [9.17, 15) is 9.59 Å². The molecule has 2 aromatic carbocycles. The van der Waals surface area contributed by atoms with Crippen molar-refractivity contribution < 1.29 is 14.3 Å². The van der Waals surface area contributed by atoms with Crippen LogP contribution in [0, 0.1) is 0 Å². The number of aryl methyl sites for hydroxylation is 1. The van der Waals surface area contributed by atoms with Gasteiger partial charge in [0.05, 0.1) is 0 Å². The second-order valence-electron chi connectivity index (χ2n) is 6.51. The maximum absolute atomic E-state index is 12.2. The number of carbonyl (C=O) groups excluding carboxylic acids is 2. The van der Waals surface area contributed by atoms with Crippen LogP contribution in [0.15, 0.2) is 60.9 Å². The van der Waals surface area contributed by atoms with Crippen molar-refractivity contribution >= 4 is 35.0 Å². The van der Waals surface area contributed by atoms with Gasteiger partial charge in [-0.1, -0.05) is 19.1 Å². The van der Waals surface area contributed by atoms with Crippen molar-refractivity contribution in [3.8, 4) is 5.75 Å². The molecule has 8 heteroatoms. The second kappa shape index (κ2) is 10.5. The summed E-state index contributed by atoms with van der Waals surface area (Å²) in [5.74, 6) is 1.88. The number of thioether (sulfide) groups is 1. The third-order valence-electron chi connectivity index (χ3n) is 4.27. The van der Waals surface area contributed by atoms with E-state index < -0.39 is 11.8 Å². The molecule has 0 radical (unpaired) electrons.